The summed E-state index contributed by atoms with van der Waals surface area (Å²) < 4.78 is 5.15. The van der Waals surface area contributed by atoms with E-state index in [1.165, 1.54) is 0 Å². The highest BCUT2D eigenvalue weighted by Crippen LogP contribution is 2.57. The van der Waals surface area contributed by atoms with Crippen molar-refractivity contribution >= 4 is 23.2 Å². The zero-order valence-corrected chi connectivity index (χ0v) is 13.2. The van der Waals surface area contributed by atoms with Crippen LogP contribution in [0, 0.1) is 0 Å². The van der Waals surface area contributed by atoms with E-state index in [4.69, 9.17) is 27.9 Å². The van der Waals surface area contributed by atoms with Crippen LogP contribution in [-0.2, 0) is 5.41 Å². The first-order valence-corrected chi connectivity index (χ1v) is 7.60. The Labute approximate surface area is 134 Å². The molecule has 2 aromatic rings. The second-order valence-corrected chi connectivity index (χ2v) is 6.25. The first kappa shape index (κ1) is 14.7. The fraction of sp³-hybridized carbons (Fsp3) is 0.294. The molecule has 0 heterocycles. The molecule has 0 spiro atoms. The molecule has 1 unspecified atom stereocenters. The van der Waals surface area contributed by atoms with E-state index in [1.807, 2.05) is 18.2 Å². The van der Waals surface area contributed by atoms with Gasteiger partial charge in [-0.3, -0.25) is 0 Å². The summed E-state index contributed by atoms with van der Waals surface area (Å²) in [7, 11) is 1.54. The van der Waals surface area contributed by atoms with Crippen LogP contribution in [0.4, 0.5) is 0 Å². The van der Waals surface area contributed by atoms with Crippen LogP contribution < -0.4 is 4.74 Å². The summed E-state index contributed by atoms with van der Waals surface area (Å²) in [5.41, 5.74) is 1.55. The van der Waals surface area contributed by atoms with Gasteiger partial charge in [0.2, 0.25) is 0 Å². The van der Waals surface area contributed by atoms with E-state index in [9.17, 15) is 5.11 Å². The Kier molecular flexibility index (Phi) is 3.87. The van der Waals surface area contributed by atoms with Crippen molar-refractivity contribution in [1.29, 1.82) is 0 Å². The van der Waals surface area contributed by atoms with E-state index < -0.39 is 6.10 Å². The van der Waals surface area contributed by atoms with E-state index in [-0.39, 0.29) is 5.41 Å². The van der Waals surface area contributed by atoms with Gasteiger partial charge in [-0.2, -0.15) is 0 Å². The first-order valence-electron chi connectivity index (χ1n) is 6.85. The Morgan fingerprint density at radius 1 is 1.10 bits per heavy atom. The Morgan fingerprint density at radius 3 is 2.33 bits per heavy atom. The maximum atomic E-state index is 10.8. The number of benzene rings is 2. The van der Waals surface area contributed by atoms with E-state index >= 15 is 0 Å². The molecule has 0 saturated heterocycles. The highest BCUT2D eigenvalue weighted by Gasteiger charge is 2.51. The average molecular weight is 323 g/mol. The smallest absolute Gasteiger partial charge is 0.138 e. The lowest BCUT2D eigenvalue weighted by Crippen LogP contribution is -2.18. The van der Waals surface area contributed by atoms with Gasteiger partial charge in [-0.15, -0.1) is 0 Å². The average Bonchev–Trinajstić information content (AvgIpc) is 3.31. The highest BCUT2D eigenvalue weighted by atomic mass is 35.5. The SMILES string of the molecule is COc1cc(Cl)c(C(O)C2(c3ccccc3)CC2)cc1Cl. The Bertz CT molecular complexity index is 651. The fourth-order valence-electron chi connectivity index (χ4n) is 2.83. The monoisotopic (exact) mass is 322 g/mol. The second kappa shape index (κ2) is 5.53. The van der Waals surface area contributed by atoms with Crippen LogP contribution >= 0.6 is 23.2 Å². The van der Waals surface area contributed by atoms with Gasteiger partial charge in [0, 0.05) is 17.0 Å². The van der Waals surface area contributed by atoms with Gasteiger partial charge in [0.25, 0.3) is 0 Å². The molecule has 0 radical (unpaired) electrons. The minimum atomic E-state index is -0.671. The summed E-state index contributed by atoms with van der Waals surface area (Å²) in [6.45, 7) is 0. The number of aliphatic hydroxyl groups excluding tert-OH is 1. The predicted molar refractivity (Wildman–Crippen MR) is 85.3 cm³/mol. The lowest BCUT2D eigenvalue weighted by Gasteiger charge is -2.24. The number of rotatable bonds is 4. The number of halogens is 2. The van der Waals surface area contributed by atoms with Crippen molar-refractivity contribution in [1.82, 2.24) is 0 Å². The molecule has 4 heteroatoms. The van der Waals surface area contributed by atoms with Crippen molar-refractivity contribution in [2.24, 2.45) is 0 Å². The molecule has 0 aliphatic heterocycles. The summed E-state index contributed by atoms with van der Waals surface area (Å²) in [6.07, 6.45) is 1.21. The lowest BCUT2D eigenvalue weighted by molar-refractivity contribution is 0.133. The van der Waals surface area contributed by atoms with E-state index in [1.54, 1.807) is 19.2 Å². The first-order chi connectivity index (χ1) is 10.1. The fourth-order valence-corrected chi connectivity index (χ4v) is 3.34. The lowest BCUT2D eigenvalue weighted by atomic mass is 9.86. The van der Waals surface area contributed by atoms with Crippen molar-refractivity contribution in [2.45, 2.75) is 24.4 Å². The van der Waals surface area contributed by atoms with Gasteiger partial charge >= 0.3 is 0 Å². The predicted octanol–water partition coefficient (Wildman–Crippen LogP) is 4.77. The largest absolute Gasteiger partial charge is 0.495 e. The topological polar surface area (TPSA) is 29.5 Å². The van der Waals surface area contributed by atoms with Crippen LogP contribution in [0.2, 0.25) is 10.0 Å². The molecule has 21 heavy (non-hydrogen) atoms. The molecule has 0 amide bonds. The standard InChI is InChI=1S/C17H16Cl2O2/c1-21-15-10-13(18)12(9-14(15)19)16(20)17(7-8-17)11-5-3-2-4-6-11/h2-6,9-10,16,20H,7-8H2,1H3. The molecule has 1 fully saturated rings. The summed E-state index contributed by atoms with van der Waals surface area (Å²) in [5, 5.41) is 11.8. The van der Waals surface area contributed by atoms with Crippen LogP contribution in [0.3, 0.4) is 0 Å². The Hall–Kier alpha value is -1.22. The molecular formula is C17H16Cl2O2. The van der Waals surface area contributed by atoms with Crippen molar-refractivity contribution in [3.05, 3.63) is 63.6 Å². The van der Waals surface area contributed by atoms with Gasteiger partial charge in [-0.1, -0.05) is 53.5 Å². The van der Waals surface area contributed by atoms with E-state index in [2.05, 4.69) is 12.1 Å². The van der Waals surface area contributed by atoms with Crippen molar-refractivity contribution in [2.75, 3.05) is 7.11 Å². The Balaban J connectivity index is 2.00. The van der Waals surface area contributed by atoms with E-state index in [0.29, 0.717) is 21.4 Å². The zero-order valence-electron chi connectivity index (χ0n) is 11.6. The zero-order chi connectivity index (χ0) is 15.0. The molecule has 0 bridgehead atoms. The molecule has 1 atom stereocenters. The van der Waals surface area contributed by atoms with Crippen LogP contribution in [0.15, 0.2) is 42.5 Å². The molecule has 1 aliphatic carbocycles. The van der Waals surface area contributed by atoms with Crippen LogP contribution in [0.25, 0.3) is 0 Å². The molecule has 2 aromatic carbocycles. The van der Waals surface area contributed by atoms with Gasteiger partial charge in [0.05, 0.1) is 23.3 Å². The van der Waals surface area contributed by atoms with Crippen molar-refractivity contribution in [3.8, 4) is 5.75 Å². The number of hydrogen-bond donors (Lipinski definition) is 1. The maximum absolute atomic E-state index is 10.8. The third kappa shape index (κ3) is 2.52. The Morgan fingerprint density at radius 2 is 1.76 bits per heavy atom. The van der Waals surface area contributed by atoms with Gasteiger partial charge in [-0.05, 0) is 24.5 Å². The third-order valence-corrected chi connectivity index (χ3v) is 4.85. The van der Waals surface area contributed by atoms with Crippen molar-refractivity contribution in [3.63, 3.8) is 0 Å². The number of ether oxygens (including phenoxy) is 1. The molecule has 0 aromatic heterocycles. The number of methoxy groups -OCH3 is 1. The van der Waals surface area contributed by atoms with Crippen LogP contribution in [-0.4, -0.2) is 12.2 Å². The quantitative estimate of drug-likeness (QED) is 0.878. The molecule has 2 nitrogen and oxygen atoms in total. The summed E-state index contributed by atoms with van der Waals surface area (Å²) in [5.74, 6) is 0.516. The van der Waals surface area contributed by atoms with Crippen LogP contribution in [0.1, 0.15) is 30.1 Å². The van der Waals surface area contributed by atoms with Gasteiger partial charge in [-0.25, -0.2) is 0 Å². The summed E-state index contributed by atoms with van der Waals surface area (Å²) in [6, 6.07) is 13.4. The molecule has 1 aliphatic rings. The normalized spacial score (nSPS) is 17.3. The number of hydrogen-bond acceptors (Lipinski definition) is 2. The van der Waals surface area contributed by atoms with Gasteiger partial charge < -0.3 is 9.84 Å². The number of aliphatic hydroxyl groups is 1. The van der Waals surface area contributed by atoms with Crippen molar-refractivity contribution < 1.29 is 9.84 Å². The molecular weight excluding hydrogens is 307 g/mol. The minimum Gasteiger partial charge on any atom is -0.495 e. The molecule has 1 saturated carbocycles. The highest BCUT2D eigenvalue weighted by molar-refractivity contribution is 6.34. The summed E-state index contributed by atoms with van der Waals surface area (Å²) >= 11 is 12.5. The summed E-state index contributed by atoms with van der Waals surface area (Å²) in [4.78, 5) is 0. The molecule has 110 valence electrons. The molecule has 3 rings (SSSR count). The third-order valence-electron chi connectivity index (χ3n) is 4.23. The van der Waals surface area contributed by atoms with Crippen LogP contribution in [0.5, 0.6) is 5.75 Å². The minimum absolute atomic E-state index is 0.247. The van der Waals surface area contributed by atoms with E-state index in [0.717, 1.165) is 18.4 Å². The van der Waals surface area contributed by atoms with Gasteiger partial charge in [0.15, 0.2) is 0 Å². The van der Waals surface area contributed by atoms with Gasteiger partial charge in [0.1, 0.15) is 5.75 Å². The second-order valence-electron chi connectivity index (χ2n) is 5.43. The maximum Gasteiger partial charge on any atom is 0.138 e. The molecule has 1 N–H and O–H groups in total.